The molecule has 1 amide bonds. The molecule has 0 aliphatic rings. The van der Waals surface area contributed by atoms with E-state index in [4.69, 9.17) is 0 Å². The maximum atomic E-state index is 11.9. The number of amides is 1. The molecule has 1 aromatic carbocycles. The van der Waals surface area contributed by atoms with Gasteiger partial charge in [-0.15, -0.1) is 11.3 Å². The molecule has 2 rings (SSSR count). The minimum atomic E-state index is -3.45. The van der Waals surface area contributed by atoms with Crippen molar-refractivity contribution in [3.05, 3.63) is 52.7 Å². The molecule has 0 fully saturated rings. The van der Waals surface area contributed by atoms with E-state index in [1.807, 2.05) is 23.6 Å². The van der Waals surface area contributed by atoms with E-state index in [1.165, 1.54) is 0 Å². The Balaban J connectivity index is 1.69. The molecule has 0 bridgehead atoms. The van der Waals surface area contributed by atoms with Crippen molar-refractivity contribution in [1.29, 1.82) is 0 Å². The van der Waals surface area contributed by atoms with Crippen molar-refractivity contribution in [2.75, 3.05) is 17.0 Å². The molecular weight excluding hydrogens is 320 g/mol. The van der Waals surface area contributed by atoms with E-state index in [1.54, 1.807) is 35.6 Å². The average Bonchev–Trinajstić information content (AvgIpc) is 2.99. The monoisotopic (exact) mass is 338 g/mol. The molecule has 0 saturated carbocycles. The van der Waals surface area contributed by atoms with Crippen LogP contribution in [0.4, 0.5) is 5.69 Å². The maximum Gasteiger partial charge on any atom is 0.234 e. The Bertz CT molecular complexity index is 683. The number of carbonyl (C=O) groups excluding carboxylic acids is 1. The largest absolute Gasteiger partial charge is 0.355 e. The third-order valence-electron chi connectivity index (χ3n) is 2.92. The minimum absolute atomic E-state index is 0.103. The van der Waals surface area contributed by atoms with Gasteiger partial charge >= 0.3 is 0 Å². The quantitative estimate of drug-likeness (QED) is 0.775. The Morgan fingerprint density at radius 2 is 1.86 bits per heavy atom. The van der Waals surface area contributed by atoms with E-state index in [-0.39, 0.29) is 18.2 Å². The van der Waals surface area contributed by atoms with Gasteiger partial charge in [-0.3, -0.25) is 9.52 Å². The first-order valence-corrected chi connectivity index (χ1v) is 9.43. The zero-order valence-corrected chi connectivity index (χ0v) is 13.6. The molecule has 2 N–H and O–H groups in total. The highest BCUT2D eigenvalue weighted by atomic mass is 32.2. The lowest BCUT2D eigenvalue weighted by atomic mass is 10.2. The fraction of sp³-hybridized carbons (Fsp3) is 0.267. The van der Waals surface area contributed by atoms with E-state index in [2.05, 4.69) is 10.0 Å². The predicted octanol–water partition coefficient (Wildman–Crippen LogP) is 2.24. The van der Waals surface area contributed by atoms with Crippen LogP contribution in [0, 0.1) is 0 Å². The van der Waals surface area contributed by atoms with Crippen LogP contribution in [-0.2, 0) is 21.2 Å². The molecule has 7 heteroatoms. The Morgan fingerprint density at radius 1 is 1.09 bits per heavy atom. The van der Waals surface area contributed by atoms with Crippen LogP contribution in [0.3, 0.4) is 0 Å². The fourth-order valence-electron chi connectivity index (χ4n) is 1.84. The standard InChI is InChI=1S/C15H18N2O3S2/c18-15(9-8-14-7-4-11-21-14)16-10-12-22(19,20)17-13-5-2-1-3-6-13/h1-7,11,17H,8-10,12H2,(H,16,18). The molecule has 0 spiro atoms. The summed E-state index contributed by atoms with van der Waals surface area (Å²) < 4.78 is 26.2. The molecule has 0 aliphatic carbocycles. The molecule has 1 heterocycles. The van der Waals surface area contributed by atoms with Crippen LogP contribution in [0.5, 0.6) is 0 Å². The van der Waals surface area contributed by atoms with Crippen molar-refractivity contribution < 1.29 is 13.2 Å². The number of anilines is 1. The SMILES string of the molecule is O=C(CCc1cccs1)NCCS(=O)(=O)Nc1ccccc1. The third kappa shape index (κ3) is 5.87. The van der Waals surface area contributed by atoms with Gasteiger partial charge in [0.05, 0.1) is 5.75 Å². The minimum Gasteiger partial charge on any atom is -0.355 e. The van der Waals surface area contributed by atoms with Crippen LogP contribution < -0.4 is 10.0 Å². The predicted molar refractivity (Wildman–Crippen MR) is 89.5 cm³/mol. The van der Waals surface area contributed by atoms with Gasteiger partial charge in [0.2, 0.25) is 15.9 Å². The molecule has 118 valence electrons. The highest BCUT2D eigenvalue weighted by Gasteiger charge is 2.11. The number of rotatable bonds is 8. The lowest BCUT2D eigenvalue weighted by molar-refractivity contribution is -0.120. The molecular formula is C15H18N2O3S2. The van der Waals surface area contributed by atoms with Gasteiger partial charge in [0.25, 0.3) is 0 Å². The van der Waals surface area contributed by atoms with E-state index in [0.717, 1.165) is 4.88 Å². The summed E-state index contributed by atoms with van der Waals surface area (Å²) in [7, 11) is -3.45. The second-order valence-electron chi connectivity index (χ2n) is 4.72. The smallest absolute Gasteiger partial charge is 0.234 e. The van der Waals surface area contributed by atoms with Gasteiger partial charge in [-0.1, -0.05) is 24.3 Å². The van der Waals surface area contributed by atoms with E-state index < -0.39 is 10.0 Å². The summed E-state index contributed by atoms with van der Waals surface area (Å²) >= 11 is 1.61. The number of hydrogen-bond donors (Lipinski definition) is 2. The molecule has 0 atom stereocenters. The maximum absolute atomic E-state index is 11.9. The zero-order chi connectivity index (χ0) is 15.8. The number of benzene rings is 1. The van der Waals surface area contributed by atoms with Crippen molar-refractivity contribution in [3.63, 3.8) is 0 Å². The van der Waals surface area contributed by atoms with Gasteiger partial charge in [-0.25, -0.2) is 8.42 Å². The Hall–Kier alpha value is -1.86. The van der Waals surface area contributed by atoms with Crippen LogP contribution in [0.1, 0.15) is 11.3 Å². The van der Waals surface area contributed by atoms with Gasteiger partial charge in [0.15, 0.2) is 0 Å². The van der Waals surface area contributed by atoms with E-state index >= 15 is 0 Å². The first-order chi connectivity index (χ1) is 10.6. The van der Waals surface area contributed by atoms with Gasteiger partial charge in [0.1, 0.15) is 0 Å². The van der Waals surface area contributed by atoms with Gasteiger partial charge in [0, 0.05) is 23.5 Å². The second-order valence-corrected chi connectivity index (χ2v) is 7.59. The normalized spacial score (nSPS) is 11.1. The highest BCUT2D eigenvalue weighted by molar-refractivity contribution is 7.92. The number of para-hydroxylation sites is 1. The summed E-state index contributed by atoms with van der Waals surface area (Å²) in [5, 5.41) is 4.60. The zero-order valence-electron chi connectivity index (χ0n) is 12.0. The third-order valence-corrected chi connectivity index (χ3v) is 5.14. The van der Waals surface area contributed by atoms with Crippen LogP contribution in [0.15, 0.2) is 47.8 Å². The molecule has 0 saturated heterocycles. The summed E-state index contributed by atoms with van der Waals surface area (Å²) in [5.74, 6) is -0.282. The fourth-order valence-corrected chi connectivity index (χ4v) is 3.52. The summed E-state index contributed by atoms with van der Waals surface area (Å²) in [4.78, 5) is 12.8. The molecule has 22 heavy (non-hydrogen) atoms. The van der Waals surface area contributed by atoms with Gasteiger partial charge in [-0.05, 0) is 30.0 Å². The number of hydrogen-bond acceptors (Lipinski definition) is 4. The first-order valence-electron chi connectivity index (χ1n) is 6.90. The summed E-state index contributed by atoms with van der Waals surface area (Å²) in [6.07, 6.45) is 1.05. The second kappa shape index (κ2) is 7.95. The van der Waals surface area contributed by atoms with E-state index in [0.29, 0.717) is 18.5 Å². The molecule has 0 aliphatic heterocycles. The number of carbonyl (C=O) groups is 1. The van der Waals surface area contributed by atoms with Gasteiger partial charge in [-0.2, -0.15) is 0 Å². The number of aryl methyl sites for hydroxylation is 1. The number of thiophene rings is 1. The van der Waals surface area contributed by atoms with Crippen LogP contribution in [0.25, 0.3) is 0 Å². The van der Waals surface area contributed by atoms with Crippen LogP contribution >= 0.6 is 11.3 Å². The summed E-state index contributed by atoms with van der Waals surface area (Å²) in [6.45, 7) is 0.103. The Kier molecular flexibility index (Phi) is 5.97. The van der Waals surface area contributed by atoms with Crippen LogP contribution in [-0.4, -0.2) is 26.6 Å². The summed E-state index contributed by atoms with van der Waals surface area (Å²) in [5.41, 5.74) is 0.520. The van der Waals surface area contributed by atoms with Crippen molar-refractivity contribution >= 4 is 33.0 Å². The Morgan fingerprint density at radius 3 is 2.55 bits per heavy atom. The number of nitrogens with one attached hydrogen (secondary N) is 2. The molecule has 5 nitrogen and oxygen atoms in total. The first kappa shape index (κ1) is 16.5. The van der Waals surface area contributed by atoms with Crippen molar-refractivity contribution in [2.45, 2.75) is 12.8 Å². The van der Waals surface area contributed by atoms with Crippen molar-refractivity contribution in [1.82, 2.24) is 5.32 Å². The lowest BCUT2D eigenvalue weighted by Crippen LogP contribution is -2.31. The molecule has 1 aromatic heterocycles. The average molecular weight is 338 g/mol. The van der Waals surface area contributed by atoms with E-state index in [9.17, 15) is 13.2 Å². The Labute approximate surface area is 134 Å². The molecule has 2 aromatic rings. The van der Waals surface area contributed by atoms with Gasteiger partial charge < -0.3 is 5.32 Å². The van der Waals surface area contributed by atoms with Crippen molar-refractivity contribution in [2.24, 2.45) is 0 Å². The topological polar surface area (TPSA) is 75.3 Å². The lowest BCUT2D eigenvalue weighted by Gasteiger charge is -2.08. The van der Waals surface area contributed by atoms with Crippen LogP contribution in [0.2, 0.25) is 0 Å². The highest BCUT2D eigenvalue weighted by Crippen LogP contribution is 2.10. The summed E-state index contributed by atoms with van der Waals surface area (Å²) in [6, 6.07) is 12.6. The number of sulfonamides is 1. The molecule has 0 radical (unpaired) electrons. The molecule has 0 unspecified atom stereocenters. The van der Waals surface area contributed by atoms with Crippen molar-refractivity contribution in [3.8, 4) is 0 Å².